The molecule has 0 saturated carbocycles. The van der Waals surface area contributed by atoms with Gasteiger partial charge in [0.25, 0.3) is 5.91 Å². The van der Waals surface area contributed by atoms with Crippen molar-refractivity contribution >= 4 is 23.1 Å². The standard InChI is InChI=1S/C11H14N2OS/c1-3-4-7-6(2)10-8(15-7)5-9(14)13-11(10)12/h3-5H2,1-2H3,(H2,12,13,14). The molecule has 0 aromatic carbocycles. The molecular formula is C11H14N2OS. The van der Waals surface area contributed by atoms with Gasteiger partial charge in [-0.2, -0.15) is 4.99 Å². The Morgan fingerprint density at radius 2 is 2.27 bits per heavy atom. The van der Waals surface area contributed by atoms with E-state index in [2.05, 4.69) is 18.8 Å². The second kappa shape index (κ2) is 3.77. The van der Waals surface area contributed by atoms with Gasteiger partial charge in [0.2, 0.25) is 0 Å². The minimum Gasteiger partial charge on any atom is -0.383 e. The van der Waals surface area contributed by atoms with Gasteiger partial charge in [0.05, 0.1) is 6.42 Å². The van der Waals surface area contributed by atoms with Crippen molar-refractivity contribution in [3.05, 3.63) is 20.9 Å². The number of aliphatic imine (C=N–C) groups is 1. The first kappa shape index (κ1) is 10.4. The van der Waals surface area contributed by atoms with Gasteiger partial charge in [-0.05, 0) is 18.9 Å². The molecule has 0 bridgehead atoms. The number of aryl methyl sites for hydroxylation is 1. The average Bonchev–Trinajstić information content (AvgIpc) is 2.43. The Bertz CT molecular complexity index is 446. The predicted octanol–water partition coefficient (Wildman–Crippen LogP) is 1.80. The third-order valence-corrected chi connectivity index (χ3v) is 3.96. The lowest BCUT2D eigenvalue weighted by Gasteiger charge is -2.08. The molecule has 0 aliphatic carbocycles. The zero-order chi connectivity index (χ0) is 11.0. The van der Waals surface area contributed by atoms with E-state index >= 15 is 0 Å². The number of nitrogens with two attached hydrogens (primary N) is 1. The fourth-order valence-corrected chi connectivity index (χ4v) is 3.33. The lowest BCUT2D eigenvalue weighted by Crippen LogP contribution is -2.22. The van der Waals surface area contributed by atoms with Crippen LogP contribution in [-0.4, -0.2) is 11.7 Å². The van der Waals surface area contributed by atoms with Gasteiger partial charge in [-0.1, -0.05) is 13.3 Å². The first-order valence-corrected chi connectivity index (χ1v) is 5.93. The van der Waals surface area contributed by atoms with Crippen LogP contribution in [0.1, 0.15) is 34.2 Å². The van der Waals surface area contributed by atoms with E-state index in [4.69, 9.17) is 5.73 Å². The number of amides is 1. The normalized spacial score (nSPS) is 15.1. The lowest BCUT2D eigenvalue weighted by atomic mass is 10.0. The van der Waals surface area contributed by atoms with Crippen LogP contribution >= 0.6 is 11.3 Å². The number of nitrogens with zero attached hydrogens (tertiary/aromatic N) is 1. The Hall–Kier alpha value is -1.16. The van der Waals surface area contributed by atoms with Gasteiger partial charge >= 0.3 is 0 Å². The summed E-state index contributed by atoms with van der Waals surface area (Å²) in [5, 5.41) is 0. The molecular weight excluding hydrogens is 208 g/mol. The summed E-state index contributed by atoms with van der Waals surface area (Å²) < 4.78 is 0. The van der Waals surface area contributed by atoms with E-state index in [1.54, 1.807) is 11.3 Å². The van der Waals surface area contributed by atoms with Gasteiger partial charge in [-0.3, -0.25) is 4.79 Å². The lowest BCUT2D eigenvalue weighted by molar-refractivity contribution is -0.117. The van der Waals surface area contributed by atoms with E-state index in [9.17, 15) is 4.79 Å². The van der Waals surface area contributed by atoms with Crippen LogP contribution < -0.4 is 5.73 Å². The fourth-order valence-electron chi connectivity index (χ4n) is 1.92. The monoisotopic (exact) mass is 222 g/mol. The first-order valence-electron chi connectivity index (χ1n) is 5.12. The molecule has 0 fully saturated rings. The smallest absolute Gasteiger partial charge is 0.252 e. The molecule has 1 aliphatic rings. The molecule has 2 heterocycles. The summed E-state index contributed by atoms with van der Waals surface area (Å²) >= 11 is 1.71. The molecule has 1 aliphatic heterocycles. The molecule has 80 valence electrons. The van der Waals surface area contributed by atoms with Gasteiger partial charge in [-0.25, -0.2) is 0 Å². The number of amidine groups is 1. The summed E-state index contributed by atoms with van der Waals surface area (Å²) in [6, 6.07) is 0. The van der Waals surface area contributed by atoms with Gasteiger partial charge in [-0.15, -0.1) is 11.3 Å². The molecule has 3 nitrogen and oxygen atoms in total. The Morgan fingerprint density at radius 1 is 1.53 bits per heavy atom. The second-order valence-electron chi connectivity index (χ2n) is 3.77. The molecule has 1 aromatic heterocycles. The minimum atomic E-state index is -0.121. The third kappa shape index (κ3) is 1.69. The highest BCUT2D eigenvalue weighted by Crippen LogP contribution is 2.31. The number of rotatable bonds is 2. The molecule has 1 amide bonds. The van der Waals surface area contributed by atoms with Crippen molar-refractivity contribution in [2.24, 2.45) is 10.7 Å². The van der Waals surface area contributed by atoms with Crippen LogP contribution in [0.3, 0.4) is 0 Å². The Labute approximate surface area is 93.0 Å². The van der Waals surface area contributed by atoms with Crippen LogP contribution in [0.5, 0.6) is 0 Å². The third-order valence-electron chi connectivity index (χ3n) is 2.61. The highest BCUT2D eigenvalue weighted by Gasteiger charge is 2.23. The van der Waals surface area contributed by atoms with Crippen LogP contribution in [0, 0.1) is 6.92 Å². The molecule has 0 spiro atoms. The largest absolute Gasteiger partial charge is 0.383 e. The number of carbonyl (C=O) groups excluding carboxylic acids is 1. The van der Waals surface area contributed by atoms with Gasteiger partial charge < -0.3 is 5.73 Å². The molecule has 0 atom stereocenters. The van der Waals surface area contributed by atoms with Crippen molar-refractivity contribution in [2.45, 2.75) is 33.1 Å². The number of hydrogen-bond donors (Lipinski definition) is 1. The van der Waals surface area contributed by atoms with E-state index in [0.29, 0.717) is 12.3 Å². The summed E-state index contributed by atoms with van der Waals surface area (Å²) in [6.45, 7) is 4.22. The number of carbonyl (C=O) groups is 1. The van der Waals surface area contributed by atoms with E-state index in [1.165, 1.54) is 10.4 Å². The SMILES string of the molecule is CCCc1sc2c(c1C)C(N)=NC(=O)C2. The molecule has 15 heavy (non-hydrogen) atoms. The average molecular weight is 222 g/mol. The molecule has 4 heteroatoms. The van der Waals surface area contributed by atoms with E-state index in [-0.39, 0.29) is 5.91 Å². The Balaban J connectivity index is 2.50. The van der Waals surface area contributed by atoms with E-state index in [0.717, 1.165) is 23.3 Å². The minimum absolute atomic E-state index is 0.121. The molecule has 2 rings (SSSR count). The zero-order valence-electron chi connectivity index (χ0n) is 8.96. The van der Waals surface area contributed by atoms with Crippen molar-refractivity contribution in [3.8, 4) is 0 Å². The molecule has 1 aromatic rings. The van der Waals surface area contributed by atoms with E-state index < -0.39 is 0 Å². The van der Waals surface area contributed by atoms with Crippen LogP contribution in [0.15, 0.2) is 4.99 Å². The predicted molar refractivity (Wildman–Crippen MR) is 62.5 cm³/mol. The van der Waals surface area contributed by atoms with Crippen LogP contribution in [0.2, 0.25) is 0 Å². The Kier molecular flexibility index (Phi) is 2.61. The number of hydrogen-bond acceptors (Lipinski definition) is 3. The molecule has 0 radical (unpaired) electrons. The van der Waals surface area contributed by atoms with Crippen LogP contribution in [0.25, 0.3) is 0 Å². The van der Waals surface area contributed by atoms with Crippen LogP contribution in [0.4, 0.5) is 0 Å². The molecule has 0 saturated heterocycles. The molecule has 0 unspecified atom stereocenters. The van der Waals surface area contributed by atoms with Gasteiger partial charge in [0.1, 0.15) is 5.84 Å². The fraction of sp³-hybridized carbons (Fsp3) is 0.455. The van der Waals surface area contributed by atoms with Gasteiger partial charge in [0.15, 0.2) is 0 Å². The summed E-state index contributed by atoms with van der Waals surface area (Å²) in [5.41, 5.74) is 8.01. The quantitative estimate of drug-likeness (QED) is 0.829. The Morgan fingerprint density at radius 3 is 2.93 bits per heavy atom. The molecule has 2 N–H and O–H groups in total. The first-order chi connectivity index (χ1) is 7.13. The maximum Gasteiger partial charge on any atom is 0.252 e. The maximum atomic E-state index is 11.3. The maximum absolute atomic E-state index is 11.3. The van der Waals surface area contributed by atoms with E-state index in [1.807, 2.05) is 0 Å². The summed E-state index contributed by atoms with van der Waals surface area (Å²) in [4.78, 5) is 17.5. The van der Waals surface area contributed by atoms with Crippen molar-refractivity contribution < 1.29 is 4.79 Å². The van der Waals surface area contributed by atoms with Gasteiger partial charge in [0, 0.05) is 15.3 Å². The summed E-state index contributed by atoms with van der Waals surface area (Å²) in [6.07, 6.45) is 2.60. The highest BCUT2D eigenvalue weighted by atomic mass is 32.1. The highest BCUT2D eigenvalue weighted by molar-refractivity contribution is 7.12. The zero-order valence-corrected chi connectivity index (χ0v) is 9.78. The van der Waals surface area contributed by atoms with Crippen molar-refractivity contribution in [1.29, 1.82) is 0 Å². The van der Waals surface area contributed by atoms with Crippen molar-refractivity contribution in [1.82, 2.24) is 0 Å². The van der Waals surface area contributed by atoms with Crippen molar-refractivity contribution in [2.75, 3.05) is 0 Å². The number of fused-ring (bicyclic) bond motifs is 1. The summed E-state index contributed by atoms with van der Waals surface area (Å²) in [5.74, 6) is 0.279. The van der Waals surface area contributed by atoms with Crippen molar-refractivity contribution in [3.63, 3.8) is 0 Å². The van der Waals surface area contributed by atoms with Crippen LogP contribution in [-0.2, 0) is 17.6 Å². The second-order valence-corrected chi connectivity index (χ2v) is 4.96. The summed E-state index contributed by atoms with van der Waals surface area (Å²) in [7, 11) is 0. The topological polar surface area (TPSA) is 55.4 Å². The number of thiophene rings is 1.